The van der Waals surface area contributed by atoms with E-state index in [9.17, 15) is 4.79 Å². The summed E-state index contributed by atoms with van der Waals surface area (Å²) in [5, 5.41) is 5.99. The molecule has 2 N–H and O–H groups in total. The van der Waals surface area contributed by atoms with Crippen LogP contribution in [0.25, 0.3) is 11.3 Å². The Bertz CT molecular complexity index is 1260. The monoisotopic (exact) mass is 467 g/mol. The van der Waals surface area contributed by atoms with Gasteiger partial charge in [-0.1, -0.05) is 30.3 Å². The molecule has 1 amide bonds. The van der Waals surface area contributed by atoms with Gasteiger partial charge in [0, 0.05) is 41.9 Å². The van der Waals surface area contributed by atoms with Crippen molar-refractivity contribution in [1.82, 2.24) is 9.97 Å². The van der Waals surface area contributed by atoms with Gasteiger partial charge in [0.2, 0.25) is 5.95 Å². The number of carbonyl (C=O) groups is 1. The van der Waals surface area contributed by atoms with Crippen molar-refractivity contribution in [3.8, 4) is 17.0 Å². The molecular formula is C27H25N5O3. The minimum absolute atomic E-state index is 0.485. The van der Waals surface area contributed by atoms with Crippen LogP contribution in [0.15, 0.2) is 91.1 Å². The Labute approximate surface area is 203 Å². The highest BCUT2D eigenvalue weighted by Gasteiger charge is 2.11. The van der Waals surface area contributed by atoms with Crippen LogP contribution in [0.5, 0.6) is 5.75 Å². The van der Waals surface area contributed by atoms with Gasteiger partial charge in [-0.15, -0.1) is 0 Å². The van der Waals surface area contributed by atoms with Gasteiger partial charge in [0.15, 0.2) is 0 Å². The van der Waals surface area contributed by atoms with Gasteiger partial charge >= 0.3 is 6.09 Å². The van der Waals surface area contributed by atoms with Gasteiger partial charge in [-0.3, -0.25) is 5.32 Å². The van der Waals surface area contributed by atoms with Crippen LogP contribution in [0.1, 0.15) is 0 Å². The van der Waals surface area contributed by atoms with Crippen molar-refractivity contribution < 1.29 is 14.3 Å². The summed E-state index contributed by atoms with van der Waals surface area (Å²) in [4.78, 5) is 23.4. The minimum Gasteiger partial charge on any atom is -0.410 e. The van der Waals surface area contributed by atoms with E-state index in [2.05, 4.69) is 37.6 Å². The van der Waals surface area contributed by atoms with Gasteiger partial charge in [0.05, 0.1) is 18.9 Å². The van der Waals surface area contributed by atoms with Crippen molar-refractivity contribution in [3.63, 3.8) is 0 Å². The third-order valence-electron chi connectivity index (χ3n) is 5.54. The molecule has 1 aromatic heterocycles. The molecule has 0 aliphatic carbocycles. The zero-order chi connectivity index (χ0) is 23.9. The number of hydrogen-bond acceptors (Lipinski definition) is 7. The molecule has 1 fully saturated rings. The first-order valence-electron chi connectivity index (χ1n) is 11.4. The van der Waals surface area contributed by atoms with Gasteiger partial charge < -0.3 is 19.7 Å². The quantitative estimate of drug-likeness (QED) is 0.396. The van der Waals surface area contributed by atoms with Crippen molar-refractivity contribution in [1.29, 1.82) is 0 Å². The van der Waals surface area contributed by atoms with E-state index in [-0.39, 0.29) is 0 Å². The maximum Gasteiger partial charge on any atom is 0.417 e. The molecule has 2 heterocycles. The summed E-state index contributed by atoms with van der Waals surface area (Å²) in [7, 11) is 0. The second kappa shape index (κ2) is 10.7. The molecule has 0 atom stereocenters. The van der Waals surface area contributed by atoms with Crippen LogP contribution >= 0.6 is 0 Å². The Morgan fingerprint density at radius 3 is 2.31 bits per heavy atom. The first-order valence-corrected chi connectivity index (χ1v) is 11.4. The highest BCUT2D eigenvalue weighted by atomic mass is 16.6. The fourth-order valence-electron chi connectivity index (χ4n) is 3.75. The molecule has 3 aromatic carbocycles. The van der Waals surface area contributed by atoms with Crippen molar-refractivity contribution in [2.75, 3.05) is 41.8 Å². The molecule has 8 heteroatoms. The summed E-state index contributed by atoms with van der Waals surface area (Å²) in [6.07, 6.45) is 1.17. The van der Waals surface area contributed by atoms with Gasteiger partial charge in [-0.25, -0.2) is 14.8 Å². The minimum atomic E-state index is -0.544. The number of benzene rings is 3. The summed E-state index contributed by atoms with van der Waals surface area (Å²) in [6.45, 7) is 3.33. The Balaban J connectivity index is 1.21. The Kier molecular flexibility index (Phi) is 6.82. The molecule has 0 spiro atoms. The van der Waals surface area contributed by atoms with E-state index in [1.165, 1.54) is 5.69 Å². The fourth-order valence-corrected chi connectivity index (χ4v) is 3.75. The number of rotatable bonds is 6. The van der Waals surface area contributed by atoms with Gasteiger partial charge in [0.25, 0.3) is 0 Å². The van der Waals surface area contributed by atoms with Crippen LogP contribution in [0.2, 0.25) is 0 Å². The zero-order valence-corrected chi connectivity index (χ0v) is 19.1. The number of anilines is 4. The number of amides is 1. The number of nitrogens with zero attached hydrogens (tertiary/aromatic N) is 3. The smallest absolute Gasteiger partial charge is 0.410 e. The number of nitrogens with one attached hydrogen (secondary N) is 2. The molecule has 5 rings (SSSR count). The van der Waals surface area contributed by atoms with E-state index in [1.54, 1.807) is 30.5 Å². The SMILES string of the molecule is O=C(Nc1ccc(-c2ccnc(Nc3ccc(N4CCOCC4)cc3)n2)cc1)Oc1ccccc1. The molecule has 0 unspecified atom stereocenters. The highest BCUT2D eigenvalue weighted by Crippen LogP contribution is 2.23. The van der Waals surface area contributed by atoms with Crippen LogP contribution in [0.4, 0.5) is 27.8 Å². The average Bonchev–Trinajstić information content (AvgIpc) is 2.91. The average molecular weight is 468 g/mol. The Hall–Kier alpha value is -4.43. The molecule has 176 valence electrons. The number of morpholine rings is 1. The Morgan fingerprint density at radius 2 is 1.57 bits per heavy atom. The molecule has 1 aliphatic rings. The molecule has 4 aromatic rings. The first kappa shape index (κ1) is 22.4. The van der Waals surface area contributed by atoms with Crippen LogP contribution in [-0.4, -0.2) is 42.4 Å². The third-order valence-corrected chi connectivity index (χ3v) is 5.54. The second-order valence-corrected chi connectivity index (χ2v) is 7.94. The molecule has 1 aliphatic heterocycles. The molecular weight excluding hydrogens is 442 g/mol. The lowest BCUT2D eigenvalue weighted by Crippen LogP contribution is -2.36. The molecule has 1 saturated heterocycles. The number of para-hydroxylation sites is 1. The number of ether oxygens (including phenoxy) is 2. The van der Waals surface area contributed by atoms with Gasteiger partial charge in [0.1, 0.15) is 5.75 Å². The lowest BCUT2D eigenvalue weighted by Gasteiger charge is -2.28. The van der Waals surface area contributed by atoms with E-state index >= 15 is 0 Å². The van der Waals surface area contributed by atoms with Crippen molar-refractivity contribution in [3.05, 3.63) is 91.1 Å². The summed E-state index contributed by atoms with van der Waals surface area (Å²) in [6, 6.07) is 26.4. The Morgan fingerprint density at radius 1 is 0.857 bits per heavy atom. The normalized spacial score (nSPS) is 13.2. The van der Waals surface area contributed by atoms with Crippen LogP contribution in [-0.2, 0) is 4.74 Å². The fraction of sp³-hybridized carbons (Fsp3) is 0.148. The predicted octanol–water partition coefficient (Wildman–Crippen LogP) is 5.33. The third kappa shape index (κ3) is 5.93. The molecule has 0 radical (unpaired) electrons. The van der Waals surface area contributed by atoms with Crippen molar-refractivity contribution in [2.45, 2.75) is 0 Å². The first-order chi connectivity index (χ1) is 17.2. The predicted molar refractivity (Wildman–Crippen MR) is 136 cm³/mol. The molecule has 35 heavy (non-hydrogen) atoms. The van der Waals surface area contributed by atoms with Gasteiger partial charge in [-0.05, 0) is 54.6 Å². The maximum absolute atomic E-state index is 12.1. The molecule has 8 nitrogen and oxygen atoms in total. The van der Waals surface area contributed by atoms with E-state index < -0.39 is 6.09 Å². The largest absolute Gasteiger partial charge is 0.417 e. The molecule has 0 saturated carbocycles. The maximum atomic E-state index is 12.1. The highest BCUT2D eigenvalue weighted by molar-refractivity contribution is 5.86. The van der Waals surface area contributed by atoms with Crippen LogP contribution < -0.4 is 20.3 Å². The standard InChI is InChI=1S/C27H25N5O3/c33-27(35-24-4-2-1-3-5-24)30-22-8-6-20(7-9-22)25-14-15-28-26(31-25)29-21-10-12-23(13-11-21)32-16-18-34-19-17-32/h1-15H,16-19H2,(H,30,33)(H,28,29,31). The molecule has 0 bridgehead atoms. The zero-order valence-electron chi connectivity index (χ0n) is 19.1. The van der Waals surface area contributed by atoms with Crippen molar-refractivity contribution >= 4 is 29.1 Å². The lowest BCUT2D eigenvalue weighted by atomic mass is 10.1. The second-order valence-electron chi connectivity index (χ2n) is 7.94. The van der Waals surface area contributed by atoms with E-state index in [4.69, 9.17) is 9.47 Å². The number of hydrogen-bond donors (Lipinski definition) is 2. The summed E-state index contributed by atoms with van der Waals surface area (Å²) < 4.78 is 10.7. The van der Waals surface area contributed by atoms with E-state index in [0.717, 1.165) is 43.2 Å². The lowest BCUT2D eigenvalue weighted by molar-refractivity contribution is 0.122. The van der Waals surface area contributed by atoms with Crippen molar-refractivity contribution in [2.24, 2.45) is 0 Å². The summed E-state index contributed by atoms with van der Waals surface area (Å²) in [5.41, 5.74) is 4.39. The van der Waals surface area contributed by atoms with Crippen LogP contribution in [0, 0.1) is 0 Å². The number of carbonyl (C=O) groups excluding carboxylic acids is 1. The summed E-state index contributed by atoms with van der Waals surface area (Å²) >= 11 is 0. The summed E-state index contributed by atoms with van der Waals surface area (Å²) in [5.74, 6) is 0.994. The number of aromatic nitrogens is 2. The topological polar surface area (TPSA) is 88.6 Å². The van der Waals surface area contributed by atoms with E-state index in [0.29, 0.717) is 17.4 Å². The van der Waals surface area contributed by atoms with Crippen LogP contribution in [0.3, 0.4) is 0 Å². The van der Waals surface area contributed by atoms with E-state index in [1.807, 2.05) is 48.5 Å². The van der Waals surface area contributed by atoms with Gasteiger partial charge in [-0.2, -0.15) is 0 Å².